The van der Waals surface area contributed by atoms with Gasteiger partial charge in [0.2, 0.25) is 0 Å². The minimum absolute atomic E-state index is 0.325. The van der Waals surface area contributed by atoms with E-state index in [1.807, 2.05) is 108 Å². The first-order chi connectivity index (χ1) is 26.6. The molecule has 0 radical (unpaired) electrons. The highest BCUT2D eigenvalue weighted by Crippen LogP contribution is 2.31. The van der Waals surface area contributed by atoms with Crippen LogP contribution in [0.5, 0.6) is 17.2 Å². The summed E-state index contributed by atoms with van der Waals surface area (Å²) in [6.45, 7) is 1.83. The number of nitrogens with zero attached hydrogens (tertiary/aromatic N) is 6. The van der Waals surface area contributed by atoms with Crippen LogP contribution < -0.4 is 14.2 Å². The average molecular weight is 737 g/mol. The second-order valence-electron chi connectivity index (χ2n) is 12.2. The number of benzene rings is 5. The molecule has 3 heterocycles. The Kier molecular flexibility index (Phi) is 11.6. The Morgan fingerprint density at radius 1 is 0.611 bits per heavy atom. The summed E-state index contributed by atoms with van der Waals surface area (Å²) in [5.74, 6) is 3.92. The fraction of sp³-hybridized carbons (Fsp3) is 0.186. The van der Waals surface area contributed by atoms with Crippen molar-refractivity contribution in [1.82, 2.24) is 14.8 Å². The van der Waals surface area contributed by atoms with Crippen molar-refractivity contribution >= 4 is 33.9 Å². The summed E-state index contributed by atoms with van der Waals surface area (Å²) < 4.78 is 24.1. The molecule has 10 nitrogen and oxygen atoms in total. The summed E-state index contributed by atoms with van der Waals surface area (Å²) in [5.41, 5.74) is 8.97. The van der Waals surface area contributed by atoms with Crippen LogP contribution >= 0.6 is 11.8 Å². The van der Waals surface area contributed by atoms with Gasteiger partial charge in [0.05, 0.1) is 62.3 Å². The number of ether oxygens (including phenoxy) is 4. The predicted molar refractivity (Wildman–Crippen MR) is 216 cm³/mol. The van der Waals surface area contributed by atoms with E-state index >= 15 is 0 Å². The van der Waals surface area contributed by atoms with Crippen molar-refractivity contribution in [3.63, 3.8) is 0 Å². The van der Waals surface area contributed by atoms with Crippen LogP contribution in [0.2, 0.25) is 0 Å². The van der Waals surface area contributed by atoms with Gasteiger partial charge in [0.25, 0.3) is 0 Å². The van der Waals surface area contributed by atoms with Crippen LogP contribution in [-0.2, 0) is 24.5 Å². The molecule has 6 aromatic rings. The summed E-state index contributed by atoms with van der Waals surface area (Å²) in [5, 5.41) is 9.84. The quantitative estimate of drug-likeness (QED) is 0.147. The van der Waals surface area contributed by atoms with E-state index in [4.69, 9.17) is 33.9 Å². The van der Waals surface area contributed by atoms with Gasteiger partial charge in [0.1, 0.15) is 30.4 Å². The molecule has 0 aliphatic carbocycles. The number of methoxy groups -OCH3 is 3. The Hall–Kier alpha value is -6.04. The van der Waals surface area contributed by atoms with Crippen molar-refractivity contribution in [2.75, 3.05) is 34.1 Å². The first kappa shape index (κ1) is 36.3. The molecule has 54 heavy (non-hydrogen) atoms. The molecule has 2 aliphatic rings. The average Bonchev–Trinajstić information content (AvgIpc) is 3.43. The van der Waals surface area contributed by atoms with Crippen LogP contribution in [-0.4, -0.2) is 65.4 Å². The van der Waals surface area contributed by atoms with E-state index in [2.05, 4.69) is 34.5 Å². The van der Waals surface area contributed by atoms with Gasteiger partial charge in [-0.2, -0.15) is 0 Å². The number of rotatable bonds is 9. The highest BCUT2D eigenvalue weighted by Gasteiger charge is 2.24. The first-order valence-electron chi connectivity index (χ1n) is 17.4. The first-order valence-corrected chi connectivity index (χ1v) is 18.6. The van der Waals surface area contributed by atoms with Crippen LogP contribution in [0.4, 0.5) is 5.69 Å². The highest BCUT2D eigenvalue weighted by atomic mass is 32.2. The fourth-order valence-corrected chi connectivity index (χ4v) is 6.58. The van der Waals surface area contributed by atoms with Crippen LogP contribution in [0.3, 0.4) is 0 Å². The van der Waals surface area contributed by atoms with Gasteiger partial charge in [0, 0.05) is 22.3 Å². The summed E-state index contributed by atoms with van der Waals surface area (Å²) in [6, 6.07) is 40.1. The number of fused-ring (bicyclic) bond motifs is 4. The van der Waals surface area contributed by atoms with E-state index in [0.29, 0.717) is 26.3 Å². The van der Waals surface area contributed by atoms with Gasteiger partial charge in [-0.3, -0.25) is 14.6 Å². The molecular weight excluding hydrogens is 697 g/mol. The van der Waals surface area contributed by atoms with Gasteiger partial charge in [-0.15, -0.1) is 22.0 Å². The zero-order valence-corrected chi connectivity index (χ0v) is 31.4. The van der Waals surface area contributed by atoms with Crippen molar-refractivity contribution in [2.24, 2.45) is 15.0 Å². The molecule has 0 saturated carbocycles. The summed E-state index contributed by atoms with van der Waals surface area (Å²) in [6.07, 6.45) is 2.03. The summed E-state index contributed by atoms with van der Waals surface area (Å²) in [4.78, 5) is 14.4. The Labute approximate surface area is 319 Å². The Morgan fingerprint density at radius 3 is 1.85 bits per heavy atom. The number of hydrogen-bond acceptors (Lipinski definition) is 10. The molecular formula is C43H40N6O4S. The van der Waals surface area contributed by atoms with E-state index in [1.165, 1.54) is 0 Å². The van der Waals surface area contributed by atoms with E-state index in [1.54, 1.807) is 33.1 Å². The van der Waals surface area contributed by atoms with Crippen LogP contribution in [0.1, 0.15) is 39.5 Å². The van der Waals surface area contributed by atoms with Crippen molar-refractivity contribution in [2.45, 2.75) is 19.8 Å². The second-order valence-corrected chi connectivity index (χ2v) is 13.1. The maximum atomic E-state index is 5.99. The van der Waals surface area contributed by atoms with Crippen LogP contribution in [0.25, 0.3) is 5.69 Å². The lowest BCUT2D eigenvalue weighted by atomic mass is 10.00. The van der Waals surface area contributed by atoms with Crippen molar-refractivity contribution < 1.29 is 18.9 Å². The Bertz CT molecular complexity index is 2300. The molecule has 0 unspecified atom stereocenters. The van der Waals surface area contributed by atoms with Crippen molar-refractivity contribution in [3.05, 3.63) is 161 Å². The lowest BCUT2D eigenvalue weighted by molar-refractivity contribution is 0.100. The standard InChI is InChI=1S/C26H24N4O3.C17H16N2OS/c1-31-20-10-8-18(9-11-20)16-33-17-25-29-28-24-15-27-26(19-6-4-3-5-7-19)22-14-21(32-2)12-13-23(22)30(24)25;1-20-13-8-9-15-14(10-13)17(12-6-4-3-5-7-12)18-11-16(19-15)21-2/h3-14H,15-17H2,1-2H3;3-10H,11H2,1-2H3. The van der Waals surface area contributed by atoms with Gasteiger partial charge in [-0.05, 0) is 60.4 Å². The van der Waals surface area contributed by atoms with Crippen LogP contribution in [0.15, 0.2) is 136 Å². The summed E-state index contributed by atoms with van der Waals surface area (Å²) >= 11 is 1.64. The fourth-order valence-electron chi connectivity index (χ4n) is 6.20. The second kappa shape index (κ2) is 17.2. The predicted octanol–water partition coefficient (Wildman–Crippen LogP) is 8.29. The third kappa shape index (κ3) is 8.12. The van der Waals surface area contributed by atoms with Gasteiger partial charge in [-0.1, -0.05) is 72.8 Å². The lowest BCUT2D eigenvalue weighted by Crippen LogP contribution is -2.10. The molecule has 2 aliphatic heterocycles. The van der Waals surface area contributed by atoms with Crippen molar-refractivity contribution in [3.8, 4) is 22.9 Å². The van der Waals surface area contributed by atoms with Gasteiger partial charge in [-0.25, -0.2) is 4.99 Å². The maximum absolute atomic E-state index is 5.99. The molecule has 0 N–H and O–H groups in total. The number of hydrogen-bond donors (Lipinski definition) is 0. The Balaban J connectivity index is 0.000000184. The monoisotopic (exact) mass is 736 g/mol. The summed E-state index contributed by atoms with van der Waals surface area (Å²) in [7, 11) is 5.00. The zero-order chi connectivity index (χ0) is 37.3. The highest BCUT2D eigenvalue weighted by molar-refractivity contribution is 8.13. The number of aromatic nitrogens is 3. The lowest BCUT2D eigenvalue weighted by Gasteiger charge is -2.15. The number of thioether (sulfide) groups is 1. The molecule has 272 valence electrons. The molecule has 0 spiro atoms. The SMILES string of the molecule is COc1ccc(COCc2nnc3n2-c2ccc(OC)cc2C(c2ccccc2)=NC3)cc1.COc1ccc2c(c1)C(c1ccccc1)=NCC(SC)=N2. The third-order valence-corrected chi connectivity index (χ3v) is 9.63. The zero-order valence-electron chi connectivity index (χ0n) is 30.6. The third-order valence-electron chi connectivity index (χ3n) is 8.94. The van der Waals surface area contributed by atoms with E-state index in [0.717, 1.165) is 84.6 Å². The van der Waals surface area contributed by atoms with Gasteiger partial charge >= 0.3 is 0 Å². The smallest absolute Gasteiger partial charge is 0.163 e. The molecule has 1 aromatic heterocycles. The van der Waals surface area contributed by atoms with Gasteiger partial charge in [0.15, 0.2) is 11.6 Å². The molecule has 0 bridgehead atoms. The Morgan fingerprint density at radius 2 is 1.20 bits per heavy atom. The molecule has 0 saturated heterocycles. The van der Waals surface area contributed by atoms with Crippen LogP contribution in [0, 0.1) is 0 Å². The molecule has 0 atom stereocenters. The number of aliphatic imine (C=N–C) groups is 3. The molecule has 0 amide bonds. The van der Waals surface area contributed by atoms with Crippen molar-refractivity contribution in [1.29, 1.82) is 0 Å². The van der Waals surface area contributed by atoms with E-state index in [-0.39, 0.29) is 0 Å². The topological polar surface area (TPSA) is 105 Å². The minimum atomic E-state index is 0.325. The van der Waals surface area contributed by atoms with Gasteiger partial charge < -0.3 is 18.9 Å². The van der Waals surface area contributed by atoms with E-state index < -0.39 is 0 Å². The normalized spacial score (nSPS) is 12.9. The minimum Gasteiger partial charge on any atom is -0.497 e. The molecule has 11 heteroatoms. The molecule has 0 fully saturated rings. The molecule has 8 rings (SSSR count). The molecule has 5 aromatic carbocycles. The maximum Gasteiger partial charge on any atom is 0.163 e. The largest absolute Gasteiger partial charge is 0.497 e. The van der Waals surface area contributed by atoms with E-state index in [9.17, 15) is 0 Å².